The maximum atomic E-state index is 12.2. The van der Waals surface area contributed by atoms with Crippen molar-refractivity contribution in [2.75, 3.05) is 13.2 Å². The van der Waals surface area contributed by atoms with E-state index in [9.17, 15) is 14.7 Å². The van der Waals surface area contributed by atoms with Gasteiger partial charge in [0, 0.05) is 0 Å². The number of thiocarbonyl (C=S) groups is 1. The highest BCUT2D eigenvalue weighted by atomic mass is 35.5. The van der Waals surface area contributed by atoms with Crippen molar-refractivity contribution in [2.45, 2.75) is 6.92 Å². The van der Waals surface area contributed by atoms with Crippen LogP contribution in [-0.4, -0.2) is 44.5 Å². The van der Waals surface area contributed by atoms with Gasteiger partial charge in [-0.3, -0.25) is 14.5 Å². The monoisotopic (exact) mass is 373 g/mol. The number of hydrogen-bond acceptors (Lipinski definition) is 6. The Morgan fingerprint density at radius 2 is 2.22 bits per heavy atom. The normalized spacial score (nSPS) is 16.3. The first-order chi connectivity index (χ1) is 10.8. The Labute approximate surface area is 146 Å². The van der Waals surface area contributed by atoms with Crippen molar-refractivity contribution in [3.05, 3.63) is 27.6 Å². The summed E-state index contributed by atoms with van der Waals surface area (Å²) in [7, 11) is 0. The zero-order valence-electron chi connectivity index (χ0n) is 11.9. The van der Waals surface area contributed by atoms with Crippen LogP contribution >= 0.6 is 35.6 Å². The molecule has 1 aliphatic rings. The number of aromatic hydroxyl groups is 1. The lowest BCUT2D eigenvalue weighted by molar-refractivity contribution is -0.140. The van der Waals surface area contributed by atoms with Gasteiger partial charge < -0.3 is 14.9 Å². The molecule has 23 heavy (non-hydrogen) atoms. The largest absolute Gasteiger partial charge is 0.503 e. The van der Waals surface area contributed by atoms with Crippen molar-refractivity contribution in [3.8, 4) is 11.5 Å². The Balaban J connectivity index is 2.34. The van der Waals surface area contributed by atoms with E-state index in [-0.39, 0.29) is 25.7 Å². The molecule has 0 unspecified atom stereocenters. The topological polar surface area (TPSA) is 87.1 Å². The Morgan fingerprint density at radius 3 is 2.83 bits per heavy atom. The van der Waals surface area contributed by atoms with Crippen LogP contribution < -0.4 is 4.74 Å². The van der Waals surface area contributed by atoms with Crippen molar-refractivity contribution in [1.29, 1.82) is 0 Å². The SMILES string of the molecule is CCOc1cc(C=C2SC(=S)N(CC(=O)O)C2=O)cc(Cl)c1O. The summed E-state index contributed by atoms with van der Waals surface area (Å²) in [6, 6.07) is 3.01. The molecular weight excluding hydrogens is 362 g/mol. The maximum Gasteiger partial charge on any atom is 0.323 e. The highest BCUT2D eigenvalue weighted by Crippen LogP contribution is 2.38. The fraction of sp³-hybridized carbons (Fsp3) is 0.214. The number of halogens is 1. The number of aliphatic carboxylic acids is 1. The first-order valence-electron chi connectivity index (χ1n) is 6.46. The van der Waals surface area contributed by atoms with Crippen molar-refractivity contribution in [2.24, 2.45) is 0 Å². The van der Waals surface area contributed by atoms with Gasteiger partial charge in [-0.2, -0.15) is 0 Å². The first-order valence-corrected chi connectivity index (χ1v) is 8.06. The van der Waals surface area contributed by atoms with E-state index >= 15 is 0 Å². The second-order valence-corrected chi connectivity index (χ2v) is 6.53. The number of nitrogens with zero attached hydrogens (tertiary/aromatic N) is 1. The number of rotatable bonds is 5. The van der Waals surface area contributed by atoms with Crippen molar-refractivity contribution in [1.82, 2.24) is 4.90 Å². The predicted molar refractivity (Wildman–Crippen MR) is 91.8 cm³/mol. The molecule has 0 aromatic heterocycles. The van der Waals surface area contributed by atoms with Gasteiger partial charge in [-0.15, -0.1) is 0 Å². The Kier molecular flexibility index (Phi) is 5.51. The smallest absolute Gasteiger partial charge is 0.323 e. The molecule has 0 radical (unpaired) electrons. The minimum atomic E-state index is -1.14. The fourth-order valence-corrected chi connectivity index (χ4v) is 3.34. The molecule has 0 spiro atoms. The number of benzene rings is 1. The quantitative estimate of drug-likeness (QED) is 0.606. The van der Waals surface area contributed by atoms with E-state index < -0.39 is 18.4 Å². The van der Waals surface area contributed by atoms with Gasteiger partial charge in [0.1, 0.15) is 10.9 Å². The molecule has 2 rings (SSSR count). The lowest BCUT2D eigenvalue weighted by Gasteiger charge is -2.10. The number of hydrogen-bond donors (Lipinski definition) is 2. The van der Waals surface area contributed by atoms with Crippen LogP contribution in [0, 0.1) is 0 Å². The standard InChI is InChI=1S/C14H12ClNO5S2/c1-2-21-9-4-7(3-8(15)12(9)19)5-10-13(20)16(6-11(17)18)14(22)23-10/h3-5,19H,2,6H2,1H3,(H,17,18). The van der Waals surface area contributed by atoms with Gasteiger partial charge in [-0.25, -0.2) is 0 Å². The summed E-state index contributed by atoms with van der Waals surface area (Å²) < 4.78 is 5.45. The van der Waals surface area contributed by atoms with Crippen molar-refractivity contribution in [3.63, 3.8) is 0 Å². The Morgan fingerprint density at radius 1 is 1.52 bits per heavy atom. The van der Waals surface area contributed by atoms with Crippen LogP contribution in [0.3, 0.4) is 0 Å². The molecule has 122 valence electrons. The first kappa shape index (κ1) is 17.6. The zero-order chi connectivity index (χ0) is 17.1. The van der Waals surface area contributed by atoms with Crippen molar-refractivity contribution < 1.29 is 24.5 Å². The molecule has 9 heteroatoms. The highest BCUT2D eigenvalue weighted by molar-refractivity contribution is 8.26. The second-order valence-electron chi connectivity index (χ2n) is 4.44. The van der Waals surface area contributed by atoms with Crippen LogP contribution in [0.1, 0.15) is 12.5 Å². The van der Waals surface area contributed by atoms with E-state index in [0.717, 1.165) is 16.7 Å². The number of phenols is 1. The van der Waals surface area contributed by atoms with Gasteiger partial charge in [0.2, 0.25) is 0 Å². The molecule has 1 amide bonds. The van der Waals surface area contributed by atoms with E-state index in [4.69, 9.17) is 33.7 Å². The molecule has 2 N–H and O–H groups in total. The maximum absolute atomic E-state index is 12.2. The molecule has 1 heterocycles. The summed E-state index contributed by atoms with van der Waals surface area (Å²) in [4.78, 5) is 24.2. The summed E-state index contributed by atoms with van der Waals surface area (Å²) in [5, 5.41) is 18.7. The van der Waals surface area contributed by atoms with Crippen molar-refractivity contribution >= 4 is 57.9 Å². The summed E-state index contributed by atoms with van der Waals surface area (Å²) in [6.45, 7) is 1.62. The van der Waals surface area contributed by atoms with Gasteiger partial charge in [0.15, 0.2) is 11.5 Å². The molecule has 1 aromatic carbocycles. The Hall–Kier alpha value is -1.77. The molecule has 6 nitrogen and oxygen atoms in total. The zero-order valence-corrected chi connectivity index (χ0v) is 14.3. The summed E-state index contributed by atoms with van der Waals surface area (Å²) >= 11 is 12.0. The van der Waals surface area contributed by atoms with Crippen LogP contribution in [-0.2, 0) is 9.59 Å². The lowest BCUT2D eigenvalue weighted by atomic mass is 10.2. The molecule has 0 saturated carbocycles. The third kappa shape index (κ3) is 3.95. The highest BCUT2D eigenvalue weighted by Gasteiger charge is 2.33. The van der Waals surface area contributed by atoms with Gasteiger partial charge in [-0.1, -0.05) is 35.6 Å². The predicted octanol–water partition coefficient (Wildman–Crippen LogP) is 2.73. The summed E-state index contributed by atoms with van der Waals surface area (Å²) in [5.74, 6) is -1.60. The summed E-state index contributed by atoms with van der Waals surface area (Å²) in [5.41, 5.74) is 0.534. The number of carboxylic acids is 1. The molecule has 1 fully saturated rings. The average molecular weight is 374 g/mol. The van der Waals surface area contributed by atoms with Crippen LogP contribution in [0.4, 0.5) is 0 Å². The average Bonchev–Trinajstić information content (AvgIpc) is 2.72. The van der Waals surface area contributed by atoms with E-state index in [1.807, 2.05) is 0 Å². The van der Waals surface area contributed by atoms with E-state index in [1.54, 1.807) is 6.92 Å². The minimum Gasteiger partial charge on any atom is -0.503 e. The number of ether oxygens (including phenoxy) is 1. The fourth-order valence-electron chi connectivity index (χ4n) is 1.87. The van der Waals surface area contributed by atoms with Crippen LogP contribution in [0.5, 0.6) is 11.5 Å². The number of thioether (sulfide) groups is 1. The minimum absolute atomic E-state index is 0.0863. The number of carbonyl (C=O) groups excluding carboxylic acids is 1. The second kappa shape index (κ2) is 7.20. The van der Waals surface area contributed by atoms with Gasteiger partial charge >= 0.3 is 5.97 Å². The molecule has 1 aliphatic heterocycles. The van der Waals surface area contributed by atoms with E-state index in [1.165, 1.54) is 18.2 Å². The van der Waals surface area contributed by atoms with Crippen LogP contribution in [0.15, 0.2) is 17.0 Å². The molecular formula is C14H12ClNO5S2. The van der Waals surface area contributed by atoms with E-state index in [0.29, 0.717) is 12.2 Å². The summed E-state index contributed by atoms with van der Waals surface area (Å²) in [6.07, 6.45) is 1.52. The van der Waals surface area contributed by atoms with E-state index in [2.05, 4.69) is 0 Å². The molecule has 1 aromatic rings. The number of amides is 1. The molecule has 1 saturated heterocycles. The van der Waals surface area contributed by atoms with Crippen LogP contribution in [0.2, 0.25) is 5.02 Å². The number of phenolic OH excluding ortho intramolecular Hbond substituents is 1. The number of carbonyl (C=O) groups is 2. The van der Waals surface area contributed by atoms with Gasteiger partial charge in [-0.05, 0) is 30.7 Å². The third-order valence-corrected chi connectivity index (χ3v) is 4.48. The molecule has 0 atom stereocenters. The third-order valence-electron chi connectivity index (χ3n) is 2.82. The van der Waals surface area contributed by atoms with Gasteiger partial charge in [0.25, 0.3) is 5.91 Å². The molecule has 0 bridgehead atoms. The lowest BCUT2D eigenvalue weighted by Crippen LogP contribution is -2.33. The van der Waals surface area contributed by atoms with Gasteiger partial charge in [0.05, 0.1) is 16.5 Å². The molecule has 0 aliphatic carbocycles. The number of carboxylic acid groups (broad SMARTS) is 1. The Bertz CT molecular complexity index is 719. The van der Waals surface area contributed by atoms with Crippen LogP contribution in [0.25, 0.3) is 6.08 Å².